The molecule has 0 heterocycles. The third kappa shape index (κ3) is 56.7. The molecule has 1 unspecified atom stereocenters. The normalized spacial score (nSPS) is 9.64. The molecule has 0 aliphatic rings. The maximum absolute atomic E-state index is 4.18. The summed E-state index contributed by atoms with van der Waals surface area (Å²) < 4.78 is 0. The summed E-state index contributed by atoms with van der Waals surface area (Å²) in [6.07, 6.45) is 8.41. The highest BCUT2D eigenvalue weighted by Gasteiger charge is 1.81. The molecule has 0 rings (SSSR count). The Morgan fingerprint density at radius 2 is 1.57 bits per heavy atom. The number of unbranched alkanes of at least 4 members (excludes halogenated alkanes) is 1. The summed E-state index contributed by atoms with van der Waals surface area (Å²) in [6, 6.07) is 0. The van der Waals surface area contributed by atoms with Gasteiger partial charge in [0.1, 0.15) is 0 Å². The van der Waals surface area contributed by atoms with Crippen molar-refractivity contribution in [3.8, 4) is 0 Å². The minimum Gasteiger partial charge on any atom is -0.183 e. The summed E-state index contributed by atoms with van der Waals surface area (Å²) in [7, 11) is 0. The van der Waals surface area contributed by atoms with E-state index in [0.29, 0.717) is 5.25 Å². The first-order chi connectivity index (χ1) is 6.77. The quantitative estimate of drug-likeness (QED) is 0.498. The van der Waals surface area contributed by atoms with Crippen molar-refractivity contribution in [3.63, 3.8) is 0 Å². The molecule has 0 fully saturated rings. The number of allylic oxidation sites excluding steroid dienone is 1. The molecule has 0 aliphatic heterocycles. The van der Waals surface area contributed by atoms with Crippen LogP contribution >= 0.6 is 25.3 Å². The molecule has 0 N–H and O–H groups in total. The molecule has 0 amide bonds. The third-order valence-corrected chi connectivity index (χ3v) is 1.04. The van der Waals surface area contributed by atoms with E-state index in [4.69, 9.17) is 0 Å². The van der Waals surface area contributed by atoms with Crippen LogP contribution < -0.4 is 0 Å². The van der Waals surface area contributed by atoms with E-state index in [-0.39, 0.29) is 0 Å². The fourth-order valence-corrected chi connectivity index (χ4v) is 0.582. The lowest BCUT2D eigenvalue weighted by molar-refractivity contribution is 0.953. The molecule has 0 aliphatic carbocycles. The van der Waals surface area contributed by atoms with Crippen LogP contribution in [0.25, 0.3) is 0 Å². The van der Waals surface area contributed by atoms with E-state index in [0.717, 1.165) is 0 Å². The molecule has 0 aromatic heterocycles. The molecule has 0 nitrogen and oxygen atoms in total. The Morgan fingerprint density at radius 3 is 1.79 bits per heavy atom. The van der Waals surface area contributed by atoms with Crippen molar-refractivity contribution in [2.24, 2.45) is 0 Å². The van der Waals surface area contributed by atoms with E-state index in [9.17, 15) is 0 Å². The Labute approximate surface area is 103 Å². The first-order valence-corrected chi connectivity index (χ1v) is 6.48. The van der Waals surface area contributed by atoms with Crippen LogP contribution in [0.5, 0.6) is 0 Å². The van der Waals surface area contributed by atoms with Crippen LogP contribution in [0.4, 0.5) is 0 Å². The molecule has 0 radical (unpaired) electrons. The SMILES string of the molecule is C=C.CC.CCC/C=C\C(C)S.CS. The van der Waals surface area contributed by atoms with Gasteiger partial charge in [0, 0.05) is 5.25 Å². The predicted octanol–water partition coefficient (Wildman–Crippen LogP) is 5.04. The van der Waals surface area contributed by atoms with E-state index in [2.05, 4.69) is 64.4 Å². The maximum Gasteiger partial charge on any atom is 0.0168 e. The molecule has 0 bridgehead atoms. The molecular weight excluding hydrogens is 208 g/mol. The predicted molar refractivity (Wildman–Crippen MR) is 80.0 cm³/mol. The van der Waals surface area contributed by atoms with Gasteiger partial charge in [-0.05, 0) is 12.7 Å². The lowest BCUT2D eigenvalue weighted by Gasteiger charge is -1.90. The molecule has 88 valence electrons. The molecule has 0 saturated heterocycles. The third-order valence-electron chi connectivity index (χ3n) is 0.870. The standard InChI is InChI=1S/C7H14S.C2H6.C2H4.CH4S/c1-3-4-5-6-7(2)8;3*1-2/h5-8H,3-4H2,1-2H3;1-2H3;1-2H2;2H,1H3/b6-5-;;;. The van der Waals surface area contributed by atoms with Gasteiger partial charge < -0.3 is 0 Å². The largest absolute Gasteiger partial charge is 0.183 e. The van der Waals surface area contributed by atoms with Gasteiger partial charge in [0.15, 0.2) is 0 Å². The number of hydrogen-bond donors (Lipinski definition) is 2. The van der Waals surface area contributed by atoms with Gasteiger partial charge in [0.2, 0.25) is 0 Å². The fraction of sp³-hybridized carbons (Fsp3) is 0.667. The molecule has 0 aromatic rings. The van der Waals surface area contributed by atoms with Gasteiger partial charge in [-0.3, -0.25) is 0 Å². The average Bonchev–Trinajstić information content (AvgIpc) is 2.27. The molecule has 0 saturated carbocycles. The number of thiol groups is 2. The van der Waals surface area contributed by atoms with E-state index < -0.39 is 0 Å². The van der Waals surface area contributed by atoms with Gasteiger partial charge in [-0.1, -0.05) is 46.3 Å². The lowest BCUT2D eigenvalue weighted by atomic mass is 10.3. The second kappa shape index (κ2) is 37.9. The van der Waals surface area contributed by atoms with E-state index in [1.165, 1.54) is 12.8 Å². The summed E-state index contributed by atoms with van der Waals surface area (Å²) in [6.45, 7) is 14.2. The Balaban J connectivity index is -0.0000000708. The summed E-state index contributed by atoms with van der Waals surface area (Å²) in [4.78, 5) is 0. The van der Waals surface area contributed by atoms with Gasteiger partial charge in [0.25, 0.3) is 0 Å². The zero-order valence-electron chi connectivity index (χ0n) is 10.5. The fourth-order valence-electron chi connectivity index (χ4n) is 0.460. The lowest BCUT2D eigenvalue weighted by Crippen LogP contribution is -1.79. The summed E-state index contributed by atoms with van der Waals surface area (Å²) in [5.41, 5.74) is 0. The second-order valence-corrected chi connectivity index (χ2v) is 2.77. The Bertz CT molecular complexity index is 78.4. The van der Waals surface area contributed by atoms with Gasteiger partial charge >= 0.3 is 0 Å². The smallest absolute Gasteiger partial charge is 0.0168 e. The van der Waals surface area contributed by atoms with Gasteiger partial charge in [-0.2, -0.15) is 25.3 Å². The topological polar surface area (TPSA) is 0 Å². The van der Waals surface area contributed by atoms with Crippen molar-refractivity contribution in [3.05, 3.63) is 25.3 Å². The second-order valence-electron chi connectivity index (χ2n) is 1.96. The molecular formula is C12H28S2. The van der Waals surface area contributed by atoms with E-state index >= 15 is 0 Å². The van der Waals surface area contributed by atoms with Crippen LogP contribution in [0.15, 0.2) is 25.3 Å². The van der Waals surface area contributed by atoms with Crippen LogP contribution in [0.2, 0.25) is 0 Å². The van der Waals surface area contributed by atoms with Gasteiger partial charge in [-0.25, -0.2) is 0 Å². The van der Waals surface area contributed by atoms with Crippen molar-refractivity contribution < 1.29 is 0 Å². The average molecular weight is 236 g/mol. The molecule has 1 atom stereocenters. The first-order valence-electron chi connectivity index (χ1n) is 5.06. The first kappa shape index (κ1) is 23.8. The molecule has 0 spiro atoms. The number of hydrogen-bond acceptors (Lipinski definition) is 2. The monoisotopic (exact) mass is 236 g/mol. The maximum atomic E-state index is 4.18. The Morgan fingerprint density at radius 1 is 1.21 bits per heavy atom. The van der Waals surface area contributed by atoms with Crippen LogP contribution in [0.1, 0.15) is 40.5 Å². The Kier molecular flexibility index (Phi) is 64.4. The van der Waals surface area contributed by atoms with Crippen molar-refractivity contribution in [2.45, 2.75) is 45.8 Å². The molecule has 0 aromatic carbocycles. The van der Waals surface area contributed by atoms with Crippen molar-refractivity contribution in [1.29, 1.82) is 0 Å². The van der Waals surface area contributed by atoms with Crippen molar-refractivity contribution >= 4 is 25.3 Å². The molecule has 2 heteroatoms. The minimum absolute atomic E-state index is 0.418. The summed E-state index contributed by atoms with van der Waals surface area (Å²) >= 11 is 7.71. The van der Waals surface area contributed by atoms with Crippen LogP contribution in [-0.4, -0.2) is 11.5 Å². The van der Waals surface area contributed by atoms with Gasteiger partial charge in [0.05, 0.1) is 0 Å². The van der Waals surface area contributed by atoms with Crippen LogP contribution in [0.3, 0.4) is 0 Å². The van der Waals surface area contributed by atoms with Gasteiger partial charge in [-0.15, -0.1) is 13.2 Å². The zero-order valence-corrected chi connectivity index (χ0v) is 12.2. The minimum atomic E-state index is 0.418. The van der Waals surface area contributed by atoms with Crippen molar-refractivity contribution in [1.82, 2.24) is 0 Å². The number of rotatable bonds is 3. The van der Waals surface area contributed by atoms with E-state index in [1.807, 2.05) is 13.8 Å². The molecule has 14 heavy (non-hydrogen) atoms. The highest BCUT2D eigenvalue weighted by atomic mass is 32.1. The van der Waals surface area contributed by atoms with Crippen LogP contribution in [0, 0.1) is 0 Å². The van der Waals surface area contributed by atoms with Crippen molar-refractivity contribution in [2.75, 3.05) is 6.26 Å². The van der Waals surface area contributed by atoms with Crippen LogP contribution in [-0.2, 0) is 0 Å². The summed E-state index contributed by atoms with van der Waals surface area (Å²) in [5, 5.41) is 0.418. The highest BCUT2D eigenvalue weighted by molar-refractivity contribution is 7.81. The Hall–Kier alpha value is 0.180. The zero-order chi connectivity index (χ0) is 12.4. The highest BCUT2D eigenvalue weighted by Crippen LogP contribution is 1.96. The van der Waals surface area contributed by atoms with E-state index in [1.54, 1.807) is 6.26 Å². The summed E-state index contributed by atoms with van der Waals surface area (Å²) in [5.74, 6) is 0.